The predicted molar refractivity (Wildman–Crippen MR) is 95.1 cm³/mol. The number of nitrogens with zero attached hydrogens (tertiary/aromatic N) is 2. The van der Waals surface area contributed by atoms with Crippen molar-refractivity contribution in [2.75, 3.05) is 26.7 Å². The molecule has 1 heterocycles. The molecule has 0 radical (unpaired) electrons. The van der Waals surface area contributed by atoms with Gasteiger partial charge in [0, 0.05) is 19.3 Å². The van der Waals surface area contributed by atoms with Crippen molar-refractivity contribution in [3.63, 3.8) is 0 Å². The van der Waals surface area contributed by atoms with Crippen molar-refractivity contribution >= 4 is 5.91 Å². The maximum atomic E-state index is 12.2. The summed E-state index contributed by atoms with van der Waals surface area (Å²) in [5.41, 5.74) is 1.78. The predicted octanol–water partition coefficient (Wildman–Crippen LogP) is 2.73. The summed E-state index contributed by atoms with van der Waals surface area (Å²) in [6.07, 6.45) is 2.51. The Bertz CT molecular complexity index is 632. The monoisotopic (exact) mass is 327 g/mol. The second-order valence-corrected chi connectivity index (χ2v) is 5.62. The molecule has 1 amide bonds. The van der Waals surface area contributed by atoms with Crippen LogP contribution in [0.4, 0.5) is 0 Å². The molecule has 0 atom stereocenters. The molecule has 0 aliphatic carbocycles. The number of carbonyl (C=O) groups excluding carboxylic acids is 1. The van der Waals surface area contributed by atoms with E-state index in [1.54, 1.807) is 18.3 Å². The lowest BCUT2D eigenvalue weighted by atomic mass is 10.2. The molecule has 2 aromatic rings. The maximum absolute atomic E-state index is 12.2. The Hall–Kier alpha value is -2.40. The molecule has 5 heteroatoms. The number of rotatable bonds is 9. The van der Waals surface area contributed by atoms with Gasteiger partial charge in [-0.25, -0.2) is 4.98 Å². The molecule has 128 valence electrons. The Morgan fingerprint density at radius 2 is 2.00 bits per heavy atom. The van der Waals surface area contributed by atoms with Gasteiger partial charge in [0.1, 0.15) is 5.56 Å². The number of hydrogen-bond acceptors (Lipinski definition) is 4. The molecule has 1 N–H and O–H groups in total. The van der Waals surface area contributed by atoms with Crippen molar-refractivity contribution in [2.24, 2.45) is 0 Å². The van der Waals surface area contributed by atoms with Crippen LogP contribution in [0.1, 0.15) is 29.3 Å². The van der Waals surface area contributed by atoms with Crippen LogP contribution in [0.5, 0.6) is 5.88 Å². The van der Waals surface area contributed by atoms with Gasteiger partial charge in [0.25, 0.3) is 5.91 Å². The first-order valence-electron chi connectivity index (χ1n) is 8.29. The molecule has 0 bridgehead atoms. The summed E-state index contributed by atoms with van der Waals surface area (Å²) in [5, 5.41) is 2.93. The van der Waals surface area contributed by atoms with E-state index in [9.17, 15) is 4.79 Å². The lowest BCUT2D eigenvalue weighted by molar-refractivity contribution is 0.0947. The Morgan fingerprint density at radius 1 is 1.21 bits per heavy atom. The van der Waals surface area contributed by atoms with E-state index in [1.807, 2.05) is 25.1 Å². The van der Waals surface area contributed by atoms with Gasteiger partial charge in [-0.2, -0.15) is 0 Å². The van der Waals surface area contributed by atoms with Crippen molar-refractivity contribution in [3.8, 4) is 5.88 Å². The molecule has 0 unspecified atom stereocenters. The number of pyridine rings is 1. The van der Waals surface area contributed by atoms with E-state index in [-0.39, 0.29) is 5.91 Å². The van der Waals surface area contributed by atoms with Crippen LogP contribution in [0, 0.1) is 0 Å². The van der Waals surface area contributed by atoms with E-state index in [0.717, 1.165) is 19.5 Å². The molecule has 24 heavy (non-hydrogen) atoms. The van der Waals surface area contributed by atoms with E-state index in [1.165, 1.54) is 5.56 Å². The third-order valence-electron chi connectivity index (χ3n) is 3.59. The second-order valence-electron chi connectivity index (χ2n) is 5.62. The Labute approximate surface area is 143 Å². The highest BCUT2D eigenvalue weighted by Crippen LogP contribution is 2.13. The molecular formula is C19H25N3O2. The number of carbonyl (C=O) groups is 1. The van der Waals surface area contributed by atoms with Crippen molar-refractivity contribution in [1.29, 1.82) is 0 Å². The van der Waals surface area contributed by atoms with E-state index in [4.69, 9.17) is 4.74 Å². The van der Waals surface area contributed by atoms with Crippen molar-refractivity contribution in [1.82, 2.24) is 15.2 Å². The number of hydrogen-bond donors (Lipinski definition) is 1. The molecule has 5 nitrogen and oxygen atoms in total. The van der Waals surface area contributed by atoms with Crippen LogP contribution in [0.3, 0.4) is 0 Å². The van der Waals surface area contributed by atoms with E-state index in [2.05, 4.69) is 34.4 Å². The number of benzene rings is 1. The second kappa shape index (κ2) is 9.67. The molecule has 0 aliphatic rings. The average molecular weight is 327 g/mol. The van der Waals surface area contributed by atoms with Gasteiger partial charge in [0.15, 0.2) is 0 Å². The van der Waals surface area contributed by atoms with Gasteiger partial charge in [-0.3, -0.25) is 4.79 Å². The van der Waals surface area contributed by atoms with Crippen molar-refractivity contribution in [2.45, 2.75) is 19.9 Å². The van der Waals surface area contributed by atoms with Crippen LogP contribution in [-0.4, -0.2) is 42.5 Å². The molecular weight excluding hydrogens is 302 g/mol. The molecule has 0 aliphatic heterocycles. The highest BCUT2D eigenvalue weighted by Gasteiger charge is 2.12. The molecule has 1 aromatic carbocycles. The zero-order chi connectivity index (χ0) is 17.2. The number of ether oxygens (including phenoxy) is 1. The summed E-state index contributed by atoms with van der Waals surface area (Å²) in [4.78, 5) is 18.6. The first-order valence-corrected chi connectivity index (χ1v) is 8.29. The number of nitrogens with one attached hydrogen (secondary N) is 1. The normalized spacial score (nSPS) is 10.6. The van der Waals surface area contributed by atoms with E-state index < -0.39 is 0 Å². The summed E-state index contributed by atoms with van der Waals surface area (Å²) < 4.78 is 5.39. The first kappa shape index (κ1) is 17.9. The third-order valence-corrected chi connectivity index (χ3v) is 3.59. The Morgan fingerprint density at radius 3 is 2.75 bits per heavy atom. The first-order chi connectivity index (χ1) is 11.7. The SMILES string of the molecule is CCOc1ncccc1C(=O)NCCCN(C)Cc1ccccc1. The molecule has 0 spiro atoms. The fourth-order valence-electron chi connectivity index (χ4n) is 2.44. The third kappa shape index (κ3) is 5.66. The lowest BCUT2D eigenvalue weighted by Crippen LogP contribution is -2.28. The standard InChI is InChI=1S/C19H25N3O2/c1-3-24-19-17(11-7-12-21-19)18(23)20-13-8-14-22(2)15-16-9-5-4-6-10-16/h4-7,9-12H,3,8,13-15H2,1-2H3,(H,20,23). The van der Waals surface area contributed by atoms with Gasteiger partial charge in [-0.1, -0.05) is 30.3 Å². The van der Waals surface area contributed by atoms with E-state index >= 15 is 0 Å². The average Bonchev–Trinajstić information content (AvgIpc) is 2.60. The van der Waals surface area contributed by atoms with Gasteiger partial charge in [-0.05, 0) is 44.6 Å². The quantitative estimate of drug-likeness (QED) is 0.720. The Kier molecular flexibility index (Phi) is 7.23. The van der Waals surface area contributed by atoms with Crippen LogP contribution in [0.25, 0.3) is 0 Å². The highest BCUT2D eigenvalue weighted by molar-refractivity contribution is 5.96. The number of aromatic nitrogens is 1. The minimum atomic E-state index is -0.141. The molecule has 0 saturated heterocycles. The maximum Gasteiger partial charge on any atom is 0.256 e. The summed E-state index contributed by atoms with van der Waals surface area (Å²) in [6, 6.07) is 13.8. The topological polar surface area (TPSA) is 54.5 Å². The van der Waals surface area contributed by atoms with Gasteiger partial charge >= 0.3 is 0 Å². The smallest absolute Gasteiger partial charge is 0.256 e. The van der Waals surface area contributed by atoms with Gasteiger partial charge in [-0.15, -0.1) is 0 Å². The zero-order valence-electron chi connectivity index (χ0n) is 14.4. The lowest BCUT2D eigenvalue weighted by Gasteiger charge is -2.17. The Balaban J connectivity index is 1.73. The van der Waals surface area contributed by atoms with Gasteiger partial charge in [0.05, 0.1) is 6.61 Å². The van der Waals surface area contributed by atoms with Gasteiger partial charge in [0.2, 0.25) is 5.88 Å². The van der Waals surface area contributed by atoms with Crippen molar-refractivity contribution in [3.05, 3.63) is 59.8 Å². The summed E-state index contributed by atoms with van der Waals surface area (Å²) >= 11 is 0. The largest absolute Gasteiger partial charge is 0.477 e. The summed E-state index contributed by atoms with van der Waals surface area (Å²) in [6.45, 7) is 4.81. The van der Waals surface area contributed by atoms with Crippen LogP contribution in [0.15, 0.2) is 48.7 Å². The number of amides is 1. The fourth-order valence-corrected chi connectivity index (χ4v) is 2.44. The van der Waals surface area contributed by atoms with Gasteiger partial charge < -0.3 is 15.0 Å². The molecule has 0 fully saturated rings. The molecule has 0 saturated carbocycles. The van der Waals surface area contributed by atoms with E-state index in [0.29, 0.717) is 24.6 Å². The molecule has 1 aromatic heterocycles. The van der Waals surface area contributed by atoms with Crippen LogP contribution in [0.2, 0.25) is 0 Å². The minimum Gasteiger partial charge on any atom is -0.477 e. The summed E-state index contributed by atoms with van der Waals surface area (Å²) in [5.74, 6) is 0.246. The highest BCUT2D eigenvalue weighted by atomic mass is 16.5. The van der Waals surface area contributed by atoms with Crippen LogP contribution < -0.4 is 10.1 Å². The fraction of sp³-hybridized carbons (Fsp3) is 0.368. The minimum absolute atomic E-state index is 0.141. The van der Waals surface area contributed by atoms with Crippen molar-refractivity contribution < 1.29 is 9.53 Å². The summed E-state index contributed by atoms with van der Waals surface area (Å²) in [7, 11) is 2.09. The van der Waals surface area contributed by atoms with Crippen LogP contribution in [-0.2, 0) is 6.54 Å². The van der Waals surface area contributed by atoms with Crippen LogP contribution >= 0.6 is 0 Å². The molecule has 2 rings (SSSR count). The zero-order valence-corrected chi connectivity index (χ0v) is 14.4.